The number of nitrogens with zero attached hydrogens (tertiary/aromatic N) is 1. The summed E-state index contributed by atoms with van der Waals surface area (Å²) < 4.78 is 26.4. The average Bonchev–Trinajstić information content (AvgIpc) is 3.41. The molecule has 1 aliphatic rings. The Hall–Kier alpha value is -4.34. The molecular formula is C24H22N2O8. The van der Waals surface area contributed by atoms with E-state index in [1.807, 2.05) is 6.92 Å². The van der Waals surface area contributed by atoms with Gasteiger partial charge in [0.05, 0.1) is 22.5 Å². The zero-order chi connectivity index (χ0) is 24.2. The fourth-order valence-corrected chi connectivity index (χ4v) is 3.29. The lowest BCUT2D eigenvalue weighted by Gasteiger charge is -2.11. The summed E-state index contributed by atoms with van der Waals surface area (Å²) >= 11 is 0. The number of ether oxygens (including phenoxy) is 4. The van der Waals surface area contributed by atoms with Crippen LogP contribution in [0.25, 0.3) is 0 Å². The number of rotatable bonds is 8. The number of fused-ring (bicyclic) bond motifs is 1. The van der Waals surface area contributed by atoms with E-state index in [-0.39, 0.29) is 36.0 Å². The lowest BCUT2D eigenvalue weighted by Crippen LogP contribution is -2.22. The van der Waals surface area contributed by atoms with Gasteiger partial charge in [0.15, 0.2) is 23.9 Å². The predicted molar refractivity (Wildman–Crippen MR) is 118 cm³/mol. The van der Waals surface area contributed by atoms with E-state index >= 15 is 0 Å². The summed E-state index contributed by atoms with van der Waals surface area (Å²) in [5.74, 6) is 0.532. The normalized spacial score (nSPS) is 11.7. The highest BCUT2D eigenvalue weighted by Crippen LogP contribution is 2.37. The van der Waals surface area contributed by atoms with Crippen LogP contribution in [0.3, 0.4) is 0 Å². The molecule has 0 aliphatic carbocycles. The van der Waals surface area contributed by atoms with E-state index in [1.54, 1.807) is 19.1 Å². The number of carbonyl (C=O) groups excluding carboxylic acids is 3. The van der Waals surface area contributed by atoms with Crippen LogP contribution in [0.15, 0.2) is 40.9 Å². The molecule has 1 aliphatic heterocycles. The van der Waals surface area contributed by atoms with Crippen molar-refractivity contribution in [2.45, 2.75) is 27.4 Å². The molecule has 1 aromatic heterocycles. The van der Waals surface area contributed by atoms with E-state index < -0.39 is 18.5 Å². The number of esters is 1. The standard InChI is InChI=1S/C24H22N2O8/c1-13-19(15(3)34-26-13)10-30-17-6-4-16(5-7-17)24(29)31-11-23(28)25-20-9-22-21(32-12-33-22)8-18(20)14(2)27/h4-9H,10-12H2,1-3H3,(H,25,28). The molecule has 34 heavy (non-hydrogen) atoms. The van der Waals surface area contributed by atoms with Gasteiger partial charge in [0.1, 0.15) is 18.1 Å². The SMILES string of the molecule is CC(=O)c1cc2c(cc1NC(=O)COC(=O)c1ccc(OCc3c(C)noc3C)cc1)OCO2. The highest BCUT2D eigenvalue weighted by atomic mass is 16.7. The summed E-state index contributed by atoms with van der Waals surface area (Å²) in [5.41, 5.74) is 2.38. The van der Waals surface area contributed by atoms with E-state index in [9.17, 15) is 14.4 Å². The highest BCUT2D eigenvalue weighted by molar-refractivity contribution is 6.05. The summed E-state index contributed by atoms with van der Waals surface area (Å²) in [7, 11) is 0. The molecule has 0 fully saturated rings. The fourth-order valence-electron chi connectivity index (χ4n) is 3.29. The molecule has 1 N–H and O–H groups in total. The van der Waals surface area contributed by atoms with Crippen LogP contribution in [-0.4, -0.2) is 36.2 Å². The second-order valence-corrected chi connectivity index (χ2v) is 7.55. The van der Waals surface area contributed by atoms with Crippen molar-refractivity contribution in [1.82, 2.24) is 5.16 Å². The maximum absolute atomic E-state index is 12.3. The minimum absolute atomic E-state index is 0.0331. The maximum atomic E-state index is 12.3. The third-order valence-corrected chi connectivity index (χ3v) is 5.15. The second-order valence-electron chi connectivity index (χ2n) is 7.55. The summed E-state index contributed by atoms with van der Waals surface area (Å²) in [6.07, 6.45) is 0. The van der Waals surface area contributed by atoms with Crippen molar-refractivity contribution in [3.63, 3.8) is 0 Å². The molecule has 0 bridgehead atoms. The lowest BCUT2D eigenvalue weighted by atomic mass is 10.1. The van der Waals surface area contributed by atoms with E-state index in [4.69, 9.17) is 23.5 Å². The van der Waals surface area contributed by atoms with Gasteiger partial charge in [0, 0.05) is 11.6 Å². The zero-order valence-electron chi connectivity index (χ0n) is 18.8. The van der Waals surface area contributed by atoms with Gasteiger partial charge in [-0.1, -0.05) is 5.16 Å². The van der Waals surface area contributed by atoms with Crippen LogP contribution in [0.1, 0.15) is 44.7 Å². The lowest BCUT2D eigenvalue weighted by molar-refractivity contribution is -0.119. The first-order valence-electron chi connectivity index (χ1n) is 10.4. The Bertz CT molecular complexity index is 1230. The van der Waals surface area contributed by atoms with Crippen LogP contribution in [0.2, 0.25) is 0 Å². The van der Waals surface area contributed by atoms with Gasteiger partial charge in [-0.3, -0.25) is 9.59 Å². The van der Waals surface area contributed by atoms with Gasteiger partial charge in [-0.25, -0.2) is 4.79 Å². The van der Waals surface area contributed by atoms with E-state index in [2.05, 4.69) is 10.5 Å². The van der Waals surface area contributed by atoms with Gasteiger partial charge in [0.25, 0.3) is 5.91 Å². The minimum Gasteiger partial charge on any atom is -0.489 e. The van der Waals surface area contributed by atoms with Crippen molar-refractivity contribution in [1.29, 1.82) is 0 Å². The molecule has 176 valence electrons. The van der Waals surface area contributed by atoms with Crippen molar-refractivity contribution in [2.24, 2.45) is 0 Å². The first-order valence-corrected chi connectivity index (χ1v) is 10.4. The molecule has 0 saturated heterocycles. The third-order valence-electron chi connectivity index (χ3n) is 5.15. The number of amides is 1. The zero-order valence-corrected chi connectivity index (χ0v) is 18.8. The maximum Gasteiger partial charge on any atom is 0.338 e. The molecule has 0 saturated carbocycles. The Kier molecular flexibility index (Phi) is 6.48. The molecule has 10 nitrogen and oxygen atoms in total. The largest absolute Gasteiger partial charge is 0.489 e. The smallest absolute Gasteiger partial charge is 0.338 e. The first-order chi connectivity index (χ1) is 16.3. The first kappa shape index (κ1) is 22.8. The number of Topliss-reactive ketones (excluding diaryl/α,β-unsaturated/α-hetero) is 1. The number of hydrogen-bond acceptors (Lipinski definition) is 9. The van der Waals surface area contributed by atoms with E-state index in [1.165, 1.54) is 31.2 Å². The predicted octanol–water partition coefficient (Wildman–Crippen LogP) is 3.60. The number of nitrogens with one attached hydrogen (secondary N) is 1. The van der Waals surface area contributed by atoms with Crippen LogP contribution in [0.4, 0.5) is 5.69 Å². The summed E-state index contributed by atoms with van der Waals surface area (Å²) in [6, 6.07) is 9.33. The number of carbonyl (C=O) groups is 3. The molecular weight excluding hydrogens is 444 g/mol. The molecule has 4 rings (SSSR count). The van der Waals surface area contributed by atoms with Crippen molar-refractivity contribution in [3.05, 3.63) is 64.5 Å². The number of aryl methyl sites for hydroxylation is 2. The van der Waals surface area contributed by atoms with Gasteiger partial charge in [0.2, 0.25) is 6.79 Å². The van der Waals surface area contributed by atoms with Crippen LogP contribution < -0.4 is 19.5 Å². The van der Waals surface area contributed by atoms with Crippen molar-refractivity contribution in [3.8, 4) is 17.2 Å². The van der Waals surface area contributed by atoms with Gasteiger partial charge in [-0.15, -0.1) is 0 Å². The van der Waals surface area contributed by atoms with E-state index in [0.29, 0.717) is 23.0 Å². The Labute approximate surface area is 194 Å². The van der Waals surface area contributed by atoms with Crippen molar-refractivity contribution < 1.29 is 37.9 Å². The monoisotopic (exact) mass is 466 g/mol. The molecule has 2 heterocycles. The van der Waals surface area contributed by atoms with Gasteiger partial charge >= 0.3 is 5.97 Å². The molecule has 1 amide bonds. The number of ketones is 1. The van der Waals surface area contributed by atoms with Crippen LogP contribution in [0, 0.1) is 13.8 Å². The number of anilines is 1. The van der Waals surface area contributed by atoms with Crippen LogP contribution in [0.5, 0.6) is 17.2 Å². The third kappa shape index (κ3) is 5.01. The fraction of sp³-hybridized carbons (Fsp3) is 0.250. The number of benzene rings is 2. The topological polar surface area (TPSA) is 126 Å². The Morgan fingerprint density at radius 2 is 1.76 bits per heavy atom. The van der Waals surface area contributed by atoms with Gasteiger partial charge < -0.3 is 28.8 Å². The summed E-state index contributed by atoms with van der Waals surface area (Å²) in [4.78, 5) is 36.6. The number of hydrogen-bond donors (Lipinski definition) is 1. The Morgan fingerprint density at radius 1 is 1.06 bits per heavy atom. The van der Waals surface area contributed by atoms with Crippen molar-refractivity contribution >= 4 is 23.3 Å². The van der Waals surface area contributed by atoms with Gasteiger partial charge in [-0.2, -0.15) is 0 Å². The van der Waals surface area contributed by atoms with Gasteiger partial charge in [-0.05, 0) is 51.1 Å². The highest BCUT2D eigenvalue weighted by Gasteiger charge is 2.21. The molecule has 0 radical (unpaired) electrons. The van der Waals surface area contributed by atoms with Crippen LogP contribution in [-0.2, 0) is 16.1 Å². The second kappa shape index (κ2) is 9.65. The number of aromatic nitrogens is 1. The molecule has 2 aromatic carbocycles. The van der Waals surface area contributed by atoms with Crippen molar-refractivity contribution in [2.75, 3.05) is 18.7 Å². The average molecular weight is 466 g/mol. The quantitative estimate of drug-likeness (QED) is 0.391. The Balaban J connectivity index is 1.31. The molecule has 3 aromatic rings. The molecule has 0 spiro atoms. The van der Waals surface area contributed by atoms with E-state index in [0.717, 1.165) is 11.3 Å². The Morgan fingerprint density at radius 3 is 2.41 bits per heavy atom. The van der Waals surface area contributed by atoms with Crippen LogP contribution >= 0.6 is 0 Å². The molecule has 0 unspecified atom stereocenters. The molecule has 0 atom stereocenters. The molecule has 10 heteroatoms. The minimum atomic E-state index is -0.676. The summed E-state index contributed by atoms with van der Waals surface area (Å²) in [5, 5.41) is 6.45. The summed E-state index contributed by atoms with van der Waals surface area (Å²) in [6.45, 7) is 4.79.